The number of hydrogen-bond donors (Lipinski definition) is 1. The van der Waals surface area contributed by atoms with Gasteiger partial charge in [0.25, 0.3) is 0 Å². The summed E-state index contributed by atoms with van der Waals surface area (Å²) in [4.78, 5) is 16.1. The molecule has 0 fully saturated rings. The topological polar surface area (TPSA) is 77.6 Å². The zero-order valence-corrected chi connectivity index (χ0v) is 13.0. The highest BCUT2D eigenvalue weighted by atomic mass is 35.5. The van der Waals surface area contributed by atoms with Crippen molar-refractivity contribution in [2.24, 2.45) is 0 Å². The number of halogens is 2. The molecule has 2 aromatic heterocycles. The maximum atomic E-state index is 5.93. The van der Waals surface area contributed by atoms with Crippen LogP contribution in [0.2, 0.25) is 10.6 Å². The minimum Gasteiger partial charge on any atom is -0.383 e. The highest BCUT2D eigenvalue weighted by Gasteiger charge is 2.28. The second kappa shape index (κ2) is 5.77. The zero-order valence-electron chi connectivity index (χ0n) is 9.83. The third-order valence-corrected chi connectivity index (χ3v) is 5.30. The summed E-state index contributed by atoms with van der Waals surface area (Å²) < 4.78 is 0. The predicted molar refractivity (Wildman–Crippen MR) is 84.4 cm³/mol. The summed E-state index contributed by atoms with van der Waals surface area (Å²) >= 11 is 11.7. The molecule has 2 aromatic rings. The van der Waals surface area contributed by atoms with E-state index in [1.807, 2.05) is 17.5 Å². The quantitative estimate of drug-likeness (QED) is 0.834. The van der Waals surface area contributed by atoms with Crippen molar-refractivity contribution in [1.82, 2.24) is 19.9 Å². The third-order valence-electron chi connectivity index (χ3n) is 2.60. The normalized spacial score (nSPS) is 18.1. The van der Waals surface area contributed by atoms with Crippen LogP contribution in [-0.4, -0.2) is 19.9 Å². The Bertz CT molecular complexity index is 674. The summed E-state index contributed by atoms with van der Waals surface area (Å²) in [7, 11) is 3.23. The molecule has 0 aliphatic carbocycles. The van der Waals surface area contributed by atoms with Crippen LogP contribution in [0.4, 0.5) is 5.82 Å². The maximum absolute atomic E-state index is 5.93. The number of hydrogen-bond acceptors (Lipinski definition) is 7. The number of nitrogen functional groups attached to an aromatic ring is 1. The standard InChI is InChI=1S/C11H7Cl2N5S2/c12-10-16-9(17-11(13)18-10)6-4-19-20-7(6)5-2-1-3-15-8(5)14/h1-4,7H,(H2,14,15). The Morgan fingerprint density at radius 2 is 1.90 bits per heavy atom. The van der Waals surface area contributed by atoms with Gasteiger partial charge in [-0.25, -0.2) is 4.98 Å². The molecule has 0 saturated heterocycles. The molecule has 3 heterocycles. The summed E-state index contributed by atoms with van der Waals surface area (Å²) in [5.41, 5.74) is 7.75. The number of nitrogens with zero attached hydrogens (tertiary/aromatic N) is 4. The van der Waals surface area contributed by atoms with Crippen molar-refractivity contribution in [3.05, 3.63) is 45.7 Å². The molecule has 5 nitrogen and oxygen atoms in total. The largest absolute Gasteiger partial charge is 0.383 e. The molecule has 0 bridgehead atoms. The smallest absolute Gasteiger partial charge is 0.227 e. The molecule has 1 atom stereocenters. The molecule has 1 aliphatic rings. The van der Waals surface area contributed by atoms with Crippen LogP contribution < -0.4 is 5.73 Å². The van der Waals surface area contributed by atoms with Crippen LogP contribution in [0.3, 0.4) is 0 Å². The lowest BCUT2D eigenvalue weighted by Gasteiger charge is -2.14. The van der Waals surface area contributed by atoms with E-state index in [4.69, 9.17) is 28.9 Å². The van der Waals surface area contributed by atoms with Crippen molar-refractivity contribution in [2.75, 3.05) is 5.73 Å². The Morgan fingerprint density at radius 3 is 2.60 bits per heavy atom. The van der Waals surface area contributed by atoms with Crippen molar-refractivity contribution in [2.45, 2.75) is 5.25 Å². The second-order valence-electron chi connectivity index (χ2n) is 3.82. The van der Waals surface area contributed by atoms with Crippen LogP contribution >= 0.6 is 44.8 Å². The molecule has 0 radical (unpaired) electrons. The van der Waals surface area contributed by atoms with Gasteiger partial charge in [0, 0.05) is 17.3 Å². The maximum Gasteiger partial charge on any atom is 0.227 e. The summed E-state index contributed by atoms with van der Waals surface area (Å²) in [6, 6.07) is 3.78. The van der Waals surface area contributed by atoms with Gasteiger partial charge in [-0.2, -0.15) is 15.0 Å². The van der Waals surface area contributed by atoms with Gasteiger partial charge in [-0.3, -0.25) is 0 Å². The number of pyridine rings is 1. The van der Waals surface area contributed by atoms with Gasteiger partial charge in [0.05, 0.1) is 5.25 Å². The molecule has 1 aliphatic heterocycles. The van der Waals surface area contributed by atoms with Gasteiger partial charge in [-0.1, -0.05) is 27.7 Å². The zero-order chi connectivity index (χ0) is 14.1. The molecule has 0 aromatic carbocycles. The van der Waals surface area contributed by atoms with E-state index < -0.39 is 0 Å². The second-order valence-corrected chi connectivity index (χ2v) is 6.74. The molecular formula is C11H7Cl2N5S2. The molecule has 20 heavy (non-hydrogen) atoms. The SMILES string of the molecule is Nc1ncccc1C1SSC=C1c1nc(Cl)nc(Cl)n1. The van der Waals surface area contributed by atoms with E-state index in [-0.39, 0.29) is 15.8 Å². The number of nitrogens with two attached hydrogens (primary N) is 1. The number of anilines is 1. The van der Waals surface area contributed by atoms with Crippen LogP contribution in [0.15, 0.2) is 23.7 Å². The molecular weight excluding hydrogens is 337 g/mol. The van der Waals surface area contributed by atoms with E-state index in [0.29, 0.717) is 11.6 Å². The summed E-state index contributed by atoms with van der Waals surface area (Å²) in [5, 5.41) is 2.09. The van der Waals surface area contributed by atoms with Crippen molar-refractivity contribution in [3.8, 4) is 0 Å². The van der Waals surface area contributed by atoms with Crippen molar-refractivity contribution < 1.29 is 0 Å². The van der Waals surface area contributed by atoms with Crippen molar-refractivity contribution in [1.29, 1.82) is 0 Å². The lowest BCUT2D eigenvalue weighted by atomic mass is 10.1. The minimum absolute atomic E-state index is 0.0109. The average Bonchev–Trinajstić information content (AvgIpc) is 2.87. The first-order chi connectivity index (χ1) is 9.65. The lowest BCUT2D eigenvalue weighted by Crippen LogP contribution is -2.05. The Morgan fingerprint density at radius 1 is 1.15 bits per heavy atom. The number of rotatable bonds is 2. The van der Waals surface area contributed by atoms with Crippen molar-refractivity contribution in [3.63, 3.8) is 0 Å². The molecule has 0 saturated carbocycles. The van der Waals surface area contributed by atoms with Crippen LogP contribution in [0, 0.1) is 0 Å². The Hall–Kier alpha value is -1.02. The van der Waals surface area contributed by atoms with Gasteiger partial charge in [-0.15, -0.1) is 0 Å². The molecule has 9 heteroatoms. The summed E-state index contributed by atoms with van der Waals surface area (Å²) in [6.07, 6.45) is 1.66. The van der Waals surface area contributed by atoms with Crippen LogP contribution in [0.1, 0.15) is 16.6 Å². The van der Waals surface area contributed by atoms with Gasteiger partial charge in [0.15, 0.2) is 5.82 Å². The Kier molecular flexibility index (Phi) is 4.02. The fraction of sp³-hybridized carbons (Fsp3) is 0.0909. The molecule has 102 valence electrons. The predicted octanol–water partition coefficient (Wildman–Crippen LogP) is 3.63. The minimum atomic E-state index is -0.0109. The molecule has 1 unspecified atom stereocenters. The Balaban J connectivity index is 2.03. The van der Waals surface area contributed by atoms with Crippen molar-refractivity contribution >= 4 is 56.2 Å². The van der Waals surface area contributed by atoms with E-state index in [1.165, 1.54) is 0 Å². The Labute approximate surface area is 132 Å². The van der Waals surface area contributed by atoms with E-state index in [2.05, 4.69) is 19.9 Å². The fourth-order valence-corrected chi connectivity index (χ4v) is 4.72. The average molecular weight is 344 g/mol. The fourth-order valence-electron chi connectivity index (χ4n) is 1.74. The van der Waals surface area contributed by atoms with Crippen LogP contribution in [0.5, 0.6) is 0 Å². The highest BCUT2D eigenvalue weighted by Crippen LogP contribution is 2.54. The third kappa shape index (κ3) is 2.71. The van der Waals surface area contributed by atoms with Gasteiger partial charge >= 0.3 is 0 Å². The van der Waals surface area contributed by atoms with Gasteiger partial charge in [0.1, 0.15) is 5.82 Å². The highest BCUT2D eigenvalue weighted by molar-refractivity contribution is 8.78. The van der Waals surface area contributed by atoms with E-state index >= 15 is 0 Å². The van der Waals surface area contributed by atoms with Gasteiger partial charge in [0.2, 0.25) is 10.6 Å². The number of aromatic nitrogens is 4. The molecule has 0 amide bonds. The first-order valence-corrected chi connectivity index (χ1v) is 8.48. The van der Waals surface area contributed by atoms with E-state index in [1.54, 1.807) is 27.8 Å². The van der Waals surface area contributed by atoms with E-state index in [0.717, 1.165) is 11.1 Å². The lowest BCUT2D eigenvalue weighted by molar-refractivity contribution is 1.00. The van der Waals surface area contributed by atoms with Gasteiger partial charge < -0.3 is 5.73 Å². The summed E-state index contributed by atoms with van der Waals surface area (Å²) in [5.74, 6) is 0.949. The molecule has 0 spiro atoms. The van der Waals surface area contributed by atoms with Crippen LogP contribution in [-0.2, 0) is 0 Å². The summed E-state index contributed by atoms with van der Waals surface area (Å²) in [6.45, 7) is 0. The van der Waals surface area contributed by atoms with E-state index in [9.17, 15) is 0 Å². The first kappa shape index (κ1) is 13.9. The monoisotopic (exact) mass is 343 g/mol. The van der Waals surface area contributed by atoms with Gasteiger partial charge in [-0.05, 0) is 34.7 Å². The first-order valence-electron chi connectivity index (χ1n) is 5.45. The van der Waals surface area contributed by atoms with Crippen LogP contribution in [0.25, 0.3) is 5.57 Å². The molecule has 2 N–H and O–H groups in total. The molecule has 3 rings (SSSR count).